The number of rotatable bonds is 9. The summed E-state index contributed by atoms with van der Waals surface area (Å²) in [6.45, 7) is 5.25. The minimum absolute atomic E-state index is 0.231. The maximum atomic E-state index is 12.2. The van der Waals surface area contributed by atoms with Crippen LogP contribution >= 0.6 is 7.60 Å². The molecule has 1 atom stereocenters. The molecule has 1 unspecified atom stereocenters. The number of carbonyl (C=O) groups is 2. The zero-order valence-corrected chi connectivity index (χ0v) is 12.9. The Bertz CT molecular complexity index is 355. The van der Waals surface area contributed by atoms with Gasteiger partial charge in [-0.25, -0.2) is 4.79 Å². The van der Waals surface area contributed by atoms with E-state index in [-0.39, 0.29) is 13.2 Å². The summed E-state index contributed by atoms with van der Waals surface area (Å²) < 4.78 is 26.5. The Morgan fingerprint density at radius 2 is 1.90 bits per heavy atom. The predicted molar refractivity (Wildman–Crippen MR) is 73.2 cm³/mol. The number of nitrogens with one attached hydrogen (secondary N) is 2. The van der Waals surface area contributed by atoms with E-state index in [9.17, 15) is 14.2 Å². The molecular formula is C11H22N2O6P. The Morgan fingerprint density at radius 3 is 2.35 bits per heavy atom. The van der Waals surface area contributed by atoms with Crippen LogP contribution in [0.1, 0.15) is 19.8 Å². The maximum absolute atomic E-state index is 12.2. The van der Waals surface area contributed by atoms with Crippen LogP contribution in [0.4, 0.5) is 4.79 Å². The van der Waals surface area contributed by atoms with Crippen LogP contribution < -0.4 is 10.6 Å². The number of urea groups is 1. The van der Waals surface area contributed by atoms with Crippen LogP contribution in [0.2, 0.25) is 0 Å². The molecule has 8 nitrogen and oxygen atoms in total. The summed E-state index contributed by atoms with van der Waals surface area (Å²) in [5.41, 5.74) is 0. The van der Waals surface area contributed by atoms with Crippen LogP contribution in [0.25, 0.3) is 0 Å². The third-order valence-electron chi connectivity index (χ3n) is 2.36. The first kappa shape index (κ1) is 18.9. The van der Waals surface area contributed by atoms with E-state index < -0.39 is 25.4 Å². The first-order valence-corrected chi connectivity index (χ1v) is 7.75. The summed E-state index contributed by atoms with van der Waals surface area (Å²) in [4.78, 5) is 22.7. The lowest BCUT2D eigenvalue weighted by Gasteiger charge is -2.24. The van der Waals surface area contributed by atoms with Crippen molar-refractivity contribution >= 4 is 19.6 Å². The molecule has 0 spiro atoms. The van der Waals surface area contributed by atoms with Gasteiger partial charge in [0.25, 0.3) is 0 Å². The summed E-state index contributed by atoms with van der Waals surface area (Å²) >= 11 is 0. The molecule has 0 aliphatic rings. The Labute approximate surface area is 119 Å². The smallest absolute Gasteiger partial charge is 0.352 e. The molecule has 2 amide bonds. The van der Waals surface area contributed by atoms with E-state index in [4.69, 9.17) is 9.05 Å². The quantitative estimate of drug-likeness (QED) is 0.491. The van der Waals surface area contributed by atoms with Gasteiger partial charge in [-0.2, -0.15) is 0 Å². The van der Waals surface area contributed by atoms with E-state index in [1.807, 2.05) is 0 Å². The molecule has 9 heteroatoms. The van der Waals surface area contributed by atoms with E-state index >= 15 is 0 Å². The normalized spacial score (nSPS) is 12.6. The lowest BCUT2D eigenvalue weighted by Crippen LogP contribution is -2.44. The van der Waals surface area contributed by atoms with Crippen molar-refractivity contribution < 1.29 is 27.9 Å². The monoisotopic (exact) mass is 309 g/mol. The van der Waals surface area contributed by atoms with Crippen molar-refractivity contribution in [3.8, 4) is 0 Å². The average molecular weight is 309 g/mol. The van der Waals surface area contributed by atoms with Gasteiger partial charge in [-0.1, -0.05) is 13.3 Å². The molecule has 0 fully saturated rings. The highest BCUT2D eigenvalue weighted by Gasteiger charge is 2.34. The van der Waals surface area contributed by atoms with E-state index in [1.165, 1.54) is 14.2 Å². The van der Waals surface area contributed by atoms with Gasteiger partial charge in [-0.05, 0) is 13.3 Å². The number of amides is 2. The van der Waals surface area contributed by atoms with Gasteiger partial charge in [0.2, 0.25) is 0 Å². The number of hydrogen-bond acceptors (Lipinski definition) is 6. The highest BCUT2D eigenvalue weighted by Crippen LogP contribution is 2.51. The fourth-order valence-electron chi connectivity index (χ4n) is 1.40. The van der Waals surface area contributed by atoms with Crippen molar-refractivity contribution in [1.29, 1.82) is 0 Å². The third kappa shape index (κ3) is 6.36. The summed E-state index contributed by atoms with van der Waals surface area (Å²) in [5.74, 6) is -1.39. The maximum Gasteiger partial charge on any atom is 0.352 e. The van der Waals surface area contributed by atoms with Gasteiger partial charge in [0.15, 0.2) is 0 Å². The first-order chi connectivity index (χ1) is 9.43. The molecular weight excluding hydrogens is 287 g/mol. The highest BCUT2D eigenvalue weighted by molar-refractivity contribution is 7.54. The van der Waals surface area contributed by atoms with Gasteiger partial charge >= 0.3 is 19.6 Å². The van der Waals surface area contributed by atoms with Gasteiger partial charge < -0.3 is 24.4 Å². The zero-order valence-electron chi connectivity index (χ0n) is 12.0. The molecule has 0 heterocycles. The predicted octanol–water partition coefficient (Wildman–Crippen LogP) is 1.27. The topological polar surface area (TPSA) is 103 Å². The Kier molecular flexibility index (Phi) is 9.20. The van der Waals surface area contributed by atoms with Gasteiger partial charge in [0.1, 0.15) is 12.3 Å². The van der Waals surface area contributed by atoms with Gasteiger partial charge in [0.05, 0.1) is 6.61 Å². The molecule has 0 aromatic heterocycles. The fraction of sp³-hybridized carbons (Fsp3) is 0.727. The minimum atomic E-state index is -3.45. The van der Waals surface area contributed by atoms with Crippen molar-refractivity contribution in [1.82, 2.24) is 10.6 Å². The Balaban J connectivity index is 4.49. The molecule has 0 aromatic carbocycles. The molecule has 0 rings (SSSR count). The Hall–Kier alpha value is -1.11. The van der Waals surface area contributed by atoms with Crippen LogP contribution in [-0.4, -0.2) is 45.2 Å². The van der Waals surface area contributed by atoms with Crippen LogP contribution in [-0.2, 0) is 23.1 Å². The molecule has 2 N–H and O–H groups in total. The summed E-state index contributed by atoms with van der Waals surface area (Å²) in [5, 5.41) is 4.75. The average Bonchev–Trinajstić information content (AvgIpc) is 2.44. The second-order valence-corrected chi connectivity index (χ2v) is 6.13. The second-order valence-electron chi connectivity index (χ2n) is 3.70. The van der Waals surface area contributed by atoms with Crippen molar-refractivity contribution in [3.63, 3.8) is 0 Å². The molecule has 20 heavy (non-hydrogen) atoms. The molecule has 0 saturated heterocycles. The number of hydrogen-bond donors (Lipinski definition) is 2. The van der Waals surface area contributed by atoms with Gasteiger partial charge in [-0.15, -0.1) is 0 Å². The van der Waals surface area contributed by atoms with E-state index in [2.05, 4.69) is 22.3 Å². The lowest BCUT2D eigenvalue weighted by molar-refractivity contribution is -0.141. The number of carbonyl (C=O) groups excluding carboxylic acids is 2. The standard InChI is InChI=1S/C11H22N2O6P/c1-5-7-9(20(16,17-3)18-4)13-11(15)12-8-10(14)19-6-2/h9H,1,5-8H2,2-4H3,(H2,12,13,15). The number of ether oxygens (including phenoxy) is 1. The molecule has 0 aromatic rings. The van der Waals surface area contributed by atoms with Crippen molar-refractivity contribution in [3.05, 3.63) is 6.92 Å². The van der Waals surface area contributed by atoms with Crippen LogP contribution in [0.5, 0.6) is 0 Å². The summed E-state index contributed by atoms with van der Waals surface area (Å²) in [7, 11) is -0.981. The molecule has 0 aliphatic carbocycles. The van der Waals surface area contributed by atoms with Gasteiger partial charge in [0, 0.05) is 14.2 Å². The van der Waals surface area contributed by atoms with Crippen LogP contribution in [0.15, 0.2) is 0 Å². The SMILES string of the molecule is [CH2]CCC(NC(=O)NCC(=O)OCC)P(=O)(OC)OC. The Morgan fingerprint density at radius 1 is 1.30 bits per heavy atom. The van der Waals surface area contributed by atoms with Crippen LogP contribution in [0, 0.1) is 6.92 Å². The molecule has 117 valence electrons. The van der Waals surface area contributed by atoms with Crippen molar-refractivity contribution in [2.24, 2.45) is 0 Å². The third-order valence-corrected chi connectivity index (χ3v) is 4.53. The molecule has 0 saturated carbocycles. The summed E-state index contributed by atoms with van der Waals surface area (Å²) in [6.07, 6.45) is 0.741. The molecule has 1 radical (unpaired) electrons. The van der Waals surface area contributed by atoms with Crippen molar-refractivity contribution in [2.75, 3.05) is 27.4 Å². The second kappa shape index (κ2) is 9.74. The van der Waals surface area contributed by atoms with Gasteiger partial charge in [-0.3, -0.25) is 9.36 Å². The van der Waals surface area contributed by atoms with E-state index in [0.29, 0.717) is 12.8 Å². The molecule has 0 aliphatic heterocycles. The van der Waals surface area contributed by atoms with Crippen LogP contribution in [0.3, 0.4) is 0 Å². The van der Waals surface area contributed by atoms with Crippen molar-refractivity contribution in [2.45, 2.75) is 25.5 Å². The van der Waals surface area contributed by atoms with E-state index in [1.54, 1.807) is 6.92 Å². The fourth-order valence-corrected chi connectivity index (χ4v) is 2.83. The minimum Gasteiger partial charge on any atom is -0.465 e. The largest absolute Gasteiger partial charge is 0.465 e. The lowest BCUT2D eigenvalue weighted by atomic mass is 10.3. The van der Waals surface area contributed by atoms with E-state index in [0.717, 1.165) is 0 Å². The zero-order chi connectivity index (χ0) is 15.6. The number of esters is 1. The molecule has 0 bridgehead atoms. The highest BCUT2D eigenvalue weighted by atomic mass is 31.2. The summed E-state index contributed by atoms with van der Waals surface area (Å²) in [6, 6.07) is -0.661. The first-order valence-electron chi connectivity index (χ1n) is 6.13.